The number of benzene rings is 13. The zero-order valence-corrected chi connectivity index (χ0v) is 44.9. The molecule has 0 amide bonds. The van der Waals surface area contributed by atoms with Crippen LogP contribution in [-0.2, 0) is 5.41 Å². The summed E-state index contributed by atoms with van der Waals surface area (Å²) in [5.74, 6) is 0. The predicted octanol–water partition coefficient (Wildman–Crippen LogP) is 21.9. The molecule has 0 spiro atoms. The van der Waals surface area contributed by atoms with E-state index in [1.165, 1.54) is 119 Å². The van der Waals surface area contributed by atoms with Crippen molar-refractivity contribution in [1.82, 2.24) is 0 Å². The topological polar surface area (TPSA) is 6.48 Å². The van der Waals surface area contributed by atoms with Gasteiger partial charge in [-0.15, -0.1) is 11.3 Å². The summed E-state index contributed by atoms with van der Waals surface area (Å²) >= 11 is 1.87. The zero-order valence-electron chi connectivity index (χ0n) is 44.1. The lowest BCUT2D eigenvalue weighted by Gasteiger charge is -2.30. The van der Waals surface area contributed by atoms with E-state index in [9.17, 15) is 0 Å². The number of aryl methyl sites for hydroxylation is 2. The molecule has 0 saturated carbocycles. The van der Waals surface area contributed by atoms with E-state index in [-0.39, 0.29) is 5.41 Å². The molecule has 0 saturated heterocycles. The minimum Gasteiger partial charge on any atom is -0.310 e. The highest BCUT2D eigenvalue weighted by atomic mass is 32.1. The predicted molar refractivity (Wildman–Crippen MR) is 337 cm³/mol. The summed E-state index contributed by atoms with van der Waals surface area (Å²) in [5.41, 5.74) is 19.2. The molecule has 0 radical (unpaired) electrons. The van der Waals surface area contributed by atoms with Crippen LogP contribution < -0.4 is 9.80 Å². The van der Waals surface area contributed by atoms with Gasteiger partial charge >= 0.3 is 0 Å². The molecule has 3 heteroatoms. The summed E-state index contributed by atoms with van der Waals surface area (Å²) in [6.07, 6.45) is 0. The van der Waals surface area contributed by atoms with Gasteiger partial charge < -0.3 is 9.80 Å². The van der Waals surface area contributed by atoms with Gasteiger partial charge in [0.15, 0.2) is 0 Å². The Balaban J connectivity index is 0.852. The lowest BCUT2D eigenvalue weighted by atomic mass is 9.82. The monoisotopic (exact) mass is 1010 g/mol. The Hall–Kier alpha value is -9.28. The molecular formula is C75H54N2S. The highest BCUT2D eigenvalue weighted by Crippen LogP contribution is 2.53. The fourth-order valence-corrected chi connectivity index (χ4v) is 14.1. The van der Waals surface area contributed by atoms with E-state index in [1.54, 1.807) is 0 Å². The van der Waals surface area contributed by atoms with Gasteiger partial charge in [0.05, 0.1) is 5.69 Å². The number of rotatable bonds is 8. The SMILES string of the molecule is Cc1cc(-c2ccc3sc4ccccc4c3c2)ccc1-c1ccc(N(c2ccc3c(c2)C(C)(C)c2cc(N(c4ccccc4)c4cccc5ccccc45)ccc2-3)c2ccc3c4ccccc4c4ccccc4c3c2)cc1C. The van der Waals surface area contributed by atoms with Gasteiger partial charge in [-0.25, -0.2) is 0 Å². The third-order valence-corrected chi connectivity index (χ3v) is 18.0. The van der Waals surface area contributed by atoms with Crippen LogP contribution >= 0.6 is 11.3 Å². The van der Waals surface area contributed by atoms with Crippen LogP contribution in [0, 0.1) is 13.8 Å². The fourth-order valence-electron chi connectivity index (χ4n) is 13.0. The van der Waals surface area contributed by atoms with Gasteiger partial charge in [0, 0.05) is 59.4 Å². The van der Waals surface area contributed by atoms with Crippen LogP contribution in [0.3, 0.4) is 0 Å². The average molecular weight is 1020 g/mol. The molecule has 1 aliphatic rings. The molecule has 2 nitrogen and oxygen atoms in total. The maximum Gasteiger partial charge on any atom is 0.0540 e. The first kappa shape index (κ1) is 46.1. The number of nitrogens with zero attached hydrogens (tertiary/aromatic N) is 2. The minimum absolute atomic E-state index is 0.297. The molecule has 370 valence electrons. The smallest absolute Gasteiger partial charge is 0.0540 e. The summed E-state index contributed by atoms with van der Waals surface area (Å²) in [7, 11) is 0. The summed E-state index contributed by atoms with van der Waals surface area (Å²) in [6.45, 7) is 9.35. The Kier molecular flexibility index (Phi) is 10.6. The van der Waals surface area contributed by atoms with Gasteiger partial charge in [0.25, 0.3) is 0 Å². The van der Waals surface area contributed by atoms with Crippen LogP contribution in [0.25, 0.3) is 96.6 Å². The standard InChI is InChI=1S/C75H54N2S/c1-47-41-50(51-30-40-74-69(43-51)67-26-14-15-28-73(67)78-74)29-35-57(47)58-36-31-53(42-48(58)2)76(54-32-37-64-62-24-11-10-22-60(62)61-23-12-13-25-63(61)68(64)44-54)55-33-38-65-66-39-34-56(46-71(66)75(3,4)70(65)45-55)77(52-19-6-5-7-20-52)72-27-16-18-49-17-8-9-21-59(49)72/h5-46H,1-4H3. The minimum atomic E-state index is -0.297. The van der Waals surface area contributed by atoms with Gasteiger partial charge in [0.1, 0.15) is 0 Å². The van der Waals surface area contributed by atoms with Gasteiger partial charge in [-0.2, -0.15) is 0 Å². The first-order valence-corrected chi connectivity index (χ1v) is 28.0. The number of fused-ring (bicyclic) bond motifs is 13. The first-order chi connectivity index (χ1) is 38.2. The van der Waals surface area contributed by atoms with E-state index >= 15 is 0 Å². The molecule has 0 aliphatic heterocycles. The molecule has 1 aliphatic carbocycles. The summed E-state index contributed by atoms with van der Waals surface area (Å²) < 4.78 is 2.66. The largest absolute Gasteiger partial charge is 0.310 e. The van der Waals surface area contributed by atoms with Crippen molar-refractivity contribution >= 4 is 109 Å². The lowest BCUT2D eigenvalue weighted by Crippen LogP contribution is -2.18. The molecule has 14 aromatic rings. The van der Waals surface area contributed by atoms with E-state index in [0.717, 1.165) is 34.1 Å². The summed E-state index contributed by atoms with van der Waals surface area (Å²) in [6, 6.07) is 95.1. The molecule has 1 aromatic heterocycles. The number of anilines is 6. The normalized spacial score (nSPS) is 12.7. The van der Waals surface area contributed by atoms with Gasteiger partial charge in [0.2, 0.25) is 0 Å². The van der Waals surface area contributed by atoms with Crippen molar-refractivity contribution in [2.24, 2.45) is 0 Å². The van der Waals surface area contributed by atoms with Gasteiger partial charge in [-0.1, -0.05) is 184 Å². The maximum absolute atomic E-state index is 2.49. The van der Waals surface area contributed by atoms with Gasteiger partial charge in [-0.3, -0.25) is 0 Å². The summed E-state index contributed by atoms with van der Waals surface area (Å²) in [5, 5.41) is 12.7. The van der Waals surface area contributed by atoms with Crippen LogP contribution in [0.2, 0.25) is 0 Å². The highest BCUT2D eigenvalue weighted by molar-refractivity contribution is 7.25. The molecule has 0 fully saturated rings. The third kappa shape index (κ3) is 7.30. The van der Waals surface area contributed by atoms with Crippen LogP contribution in [0.1, 0.15) is 36.1 Å². The van der Waals surface area contributed by atoms with Crippen molar-refractivity contribution in [2.45, 2.75) is 33.1 Å². The molecule has 1 heterocycles. The highest BCUT2D eigenvalue weighted by Gasteiger charge is 2.37. The fraction of sp³-hybridized carbons (Fsp3) is 0.0667. The molecule has 0 unspecified atom stereocenters. The Morgan fingerprint density at radius 2 is 0.769 bits per heavy atom. The zero-order chi connectivity index (χ0) is 52.2. The number of hydrogen-bond donors (Lipinski definition) is 0. The molecule has 0 atom stereocenters. The van der Waals surface area contributed by atoms with Crippen molar-refractivity contribution in [1.29, 1.82) is 0 Å². The molecule has 0 N–H and O–H groups in total. The van der Waals surface area contributed by atoms with Crippen LogP contribution in [0.15, 0.2) is 255 Å². The van der Waals surface area contributed by atoms with E-state index in [4.69, 9.17) is 0 Å². The van der Waals surface area contributed by atoms with Crippen molar-refractivity contribution in [2.75, 3.05) is 9.80 Å². The van der Waals surface area contributed by atoms with Crippen molar-refractivity contribution in [3.05, 3.63) is 277 Å². The Labute approximate surface area is 459 Å². The van der Waals surface area contributed by atoms with E-state index in [2.05, 4.69) is 292 Å². The lowest BCUT2D eigenvalue weighted by molar-refractivity contribution is 0.660. The number of thiophene rings is 1. The van der Waals surface area contributed by atoms with Crippen molar-refractivity contribution in [3.8, 4) is 33.4 Å². The molecule has 0 bridgehead atoms. The van der Waals surface area contributed by atoms with E-state index in [1.807, 2.05) is 11.3 Å². The van der Waals surface area contributed by atoms with E-state index < -0.39 is 0 Å². The van der Waals surface area contributed by atoms with Crippen molar-refractivity contribution in [3.63, 3.8) is 0 Å². The van der Waals surface area contributed by atoms with E-state index in [0.29, 0.717) is 0 Å². The van der Waals surface area contributed by atoms with Crippen molar-refractivity contribution < 1.29 is 0 Å². The summed E-state index contributed by atoms with van der Waals surface area (Å²) in [4.78, 5) is 4.92. The molecule has 15 rings (SSSR count). The Morgan fingerprint density at radius 3 is 1.45 bits per heavy atom. The number of para-hydroxylation sites is 1. The third-order valence-electron chi connectivity index (χ3n) is 16.9. The average Bonchev–Trinajstić information content (AvgIpc) is 4.01. The first-order valence-electron chi connectivity index (χ1n) is 27.1. The Bertz CT molecular complexity index is 4710. The quantitative estimate of drug-likeness (QED) is 0.140. The van der Waals surface area contributed by atoms with Crippen LogP contribution in [0.4, 0.5) is 34.1 Å². The Morgan fingerprint density at radius 1 is 0.295 bits per heavy atom. The second-order valence-electron chi connectivity index (χ2n) is 21.7. The maximum atomic E-state index is 2.49. The molecule has 78 heavy (non-hydrogen) atoms. The second-order valence-corrected chi connectivity index (χ2v) is 22.8. The van der Waals surface area contributed by atoms with Crippen LogP contribution in [-0.4, -0.2) is 0 Å². The van der Waals surface area contributed by atoms with Gasteiger partial charge in [-0.05, 0) is 192 Å². The molecular weight excluding hydrogens is 961 g/mol. The second kappa shape index (κ2) is 17.9. The van der Waals surface area contributed by atoms with Crippen LogP contribution in [0.5, 0.6) is 0 Å². The number of hydrogen-bond acceptors (Lipinski definition) is 3. The molecule has 13 aromatic carbocycles.